The number of amides is 1. The summed E-state index contributed by atoms with van der Waals surface area (Å²) in [7, 11) is 1.50. The third-order valence-corrected chi connectivity index (χ3v) is 14.7. The van der Waals surface area contributed by atoms with Crippen molar-refractivity contribution in [3.8, 4) is 0 Å². The van der Waals surface area contributed by atoms with Gasteiger partial charge in [-0.25, -0.2) is 4.57 Å². The molecule has 0 heterocycles. The number of rotatable bonds is 56. The molecule has 0 aromatic heterocycles. The van der Waals surface area contributed by atoms with Crippen molar-refractivity contribution in [1.29, 1.82) is 0 Å². The Kier molecular flexibility index (Phi) is 51.9. The van der Waals surface area contributed by atoms with Gasteiger partial charge in [0.2, 0.25) is 5.91 Å². The standard InChI is InChI=1S/C63H119N2O7P/c1-7-10-13-16-19-22-25-27-28-29-30-31-32-33-34-35-36-38-41-43-46-49-52-55-62(66)64-60(59-71-73(68,69)70-58-57-65(4,5)6)61(54-51-48-45-42-40-37-26-23-20-17-14-11-8-2)72-63(67)56-53-50-47-44-39-24-21-18-15-12-9-3/h18-19,21-22,27-28,51,54,60-61H,7-17,20,23-26,29-50,52-53,55-59H2,1-6H3,(H-,64,66,68,69)/p+1/b21-18-,22-19-,28-27-,54-51+. The van der Waals surface area contributed by atoms with Gasteiger partial charge in [-0.2, -0.15) is 0 Å². The van der Waals surface area contributed by atoms with E-state index in [1.165, 1.54) is 167 Å². The number of allylic oxidation sites excluding steroid dienone is 7. The van der Waals surface area contributed by atoms with Crippen LogP contribution in [-0.2, 0) is 27.9 Å². The van der Waals surface area contributed by atoms with Crippen LogP contribution in [0.1, 0.15) is 290 Å². The summed E-state index contributed by atoms with van der Waals surface area (Å²) in [5.41, 5.74) is 0. The summed E-state index contributed by atoms with van der Waals surface area (Å²) in [4.78, 5) is 37.6. The summed E-state index contributed by atoms with van der Waals surface area (Å²) in [6.07, 6.45) is 65.4. The van der Waals surface area contributed by atoms with Crippen molar-refractivity contribution in [2.45, 2.75) is 303 Å². The Hall–Kier alpha value is -2.03. The molecule has 0 aromatic rings. The molecule has 0 saturated carbocycles. The number of ether oxygens (including phenoxy) is 1. The Balaban J connectivity index is 5.14. The Morgan fingerprint density at radius 3 is 1.32 bits per heavy atom. The number of phosphoric ester groups is 1. The lowest BCUT2D eigenvalue weighted by molar-refractivity contribution is -0.870. The van der Waals surface area contributed by atoms with Gasteiger partial charge >= 0.3 is 13.8 Å². The summed E-state index contributed by atoms with van der Waals surface area (Å²) in [6, 6.07) is -0.850. The first-order chi connectivity index (χ1) is 35.4. The Morgan fingerprint density at radius 1 is 0.479 bits per heavy atom. The van der Waals surface area contributed by atoms with Crippen molar-refractivity contribution >= 4 is 19.7 Å². The first kappa shape index (κ1) is 71.0. The SMILES string of the molecule is CCCC/C=C\CCCCCCCC(=O)OC(/C=C/CCCCCCCCCCCCC)C(COP(=O)(O)OCC[N+](C)(C)C)NC(=O)CCCCCCCCCCCCCCC/C=C\C/C=C\CCCCC. The molecule has 0 aromatic carbocycles. The molecule has 0 aliphatic carbocycles. The van der Waals surface area contributed by atoms with Gasteiger partial charge < -0.3 is 19.4 Å². The van der Waals surface area contributed by atoms with Crippen LogP contribution in [0.3, 0.4) is 0 Å². The molecule has 0 radical (unpaired) electrons. The number of phosphoric acid groups is 1. The van der Waals surface area contributed by atoms with Gasteiger partial charge in [0.05, 0.1) is 33.8 Å². The van der Waals surface area contributed by atoms with Crippen molar-refractivity contribution in [1.82, 2.24) is 5.32 Å². The Morgan fingerprint density at radius 2 is 0.849 bits per heavy atom. The number of esters is 1. The van der Waals surface area contributed by atoms with E-state index in [1.807, 2.05) is 33.3 Å². The first-order valence-corrected chi connectivity index (χ1v) is 32.5. The highest BCUT2D eigenvalue weighted by atomic mass is 31.2. The third-order valence-electron chi connectivity index (χ3n) is 13.7. The third kappa shape index (κ3) is 54.6. The lowest BCUT2D eigenvalue weighted by atomic mass is 10.0. The maximum atomic E-state index is 13.5. The molecule has 0 fully saturated rings. The minimum absolute atomic E-state index is 0.0394. The minimum Gasteiger partial charge on any atom is -0.456 e. The number of carbonyl (C=O) groups is 2. The molecule has 10 heteroatoms. The van der Waals surface area contributed by atoms with Gasteiger partial charge in [0.25, 0.3) is 0 Å². The second-order valence-electron chi connectivity index (χ2n) is 22.2. The highest BCUT2D eigenvalue weighted by Gasteiger charge is 2.30. The lowest BCUT2D eigenvalue weighted by Crippen LogP contribution is -2.47. The van der Waals surface area contributed by atoms with E-state index in [1.54, 1.807) is 0 Å². The summed E-state index contributed by atoms with van der Waals surface area (Å²) in [5.74, 6) is -0.510. The summed E-state index contributed by atoms with van der Waals surface area (Å²) in [5, 5.41) is 3.06. The summed E-state index contributed by atoms with van der Waals surface area (Å²) < 4.78 is 30.6. The van der Waals surface area contributed by atoms with Crippen molar-refractivity contribution in [3.05, 3.63) is 48.6 Å². The van der Waals surface area contributed by atoms with Crippen LogP contribution in [0.25, 0.3) is 0 Å². The van der Waals surface area contributed by atoms with Crippen LogP contribution in [-0.4, -0.2) is 74.3 Å². The monoisotopic (exact) mass is 1050 g/mol. The van der Waals surface area contributed by atoms with Gasteiger partial charge in [-0.05, 0) is 83.1 Å². The molecular weight excluding hydrogens is 928 g/mol. The number of carbonyl (C=O) groups excluding carboxylic acids is 2. The van der Waals surface area contributed by atoms with Crippen molar-refractivity contribution < 1.29 is 37.3 Å². The Bertz CT molecular complexity index is 1390. The van der Waals surface area contributed by atoms with Gasteiger partial charge in [0.1, 0.15) is 19.3 Å². The van der Waals surface area contributed by atoms with Crippen LogP contribution >= 0.6 is 7.82 Å². The maximum Gasteiger partial charge on any atom is 0.472 e. The molecule has 1 amide bonds. The number of nitrogens with one attached hydrogen (secondary N) is 1. The highest BCUT2D eigenvalue weighted by Crippen LogP contribution is 2.43. The first-order valence-electron chi connectivity index (χ1n) is 31.0. The van der Waals surface area contributed by atoms with Crippen molar-refractivity contribution in [2.24, 2.45) is 0 Å². The average Bonchev–Trinajstić information content (AvgIpc) is 3.35. The number of hydrogen-bond acceptors (Lipinski definition) is 6. The number of hydrogen-bond donors (Lipinski definition) is 2. The van der Waals surface area contributed by atoms with E-state index in [-0.39, 0.29) is 31.5 Å². The zero-order valence-electron chi connectivity index (χ0n) is 48.9. The van der Waals surface area contributed by atoms with Gasteiger partial charge in [-0.3, -0.25) is 18.6 Å². The summed E-state index contributed by atoms with van der Waals surface area (Å²) >= 11 is 0. The van der Waals surface area contributed by atoms with Gasteiger partial charge in [-0.15, -0.1) is 0 Å². The average molecular weight is 1050 g/mol. The predicted octanol–water partition coefficient (Wildman–Crippen LogP) is 18.9. The smallest absolute Gasteiger partial charge is 0.456 e. The second-order valence-corrected chi connectivity index (χ2v) is 23.7. The van der Waals surface area contributed by atoms with E-state index < -0.39 is 20.0 Å². The van der Waals surface area contributed by atoms with Crippen molar-refractivity contribution in [3.63, 3.8) is 0 Å². The Labute approximate surface area is 452 Å². The number of nitrogens with zero attached hydrogens (tertiary/aromatic N) is 1. The molecule has 2 N–H and O–H groups in total. The second kappa shape index (κ2) is 53.4. The lowest BCUT2D eigenvalue weighted by Gasteiger charge is -2.27. The van der Waals surface area contributed by atoms with E-state index in [9.17, 15) is 19.0 Å². The topological polar surface area (TPSA) is 111 Å². The molecular formula is C63H120N2O7P+. The van der Waals surface area contributed by atoms with Crippen LogP contribution in [0, 0.1) is 0 Å². The van der Waals surface area contributed by atoms with Crippen LogP contribution < -0.4 is 5.32 Å². The van der Waals surface area contributed by atoms with Crippen LogP contribution in [0.4, 0.5) is 0 Å². The van der Waals surface area contributed by atoms with E-state index in [4.69, 9.17) is 13.8 Å². The summed E-state index contributed by atoms with van der Waals surface area (Å²) in [6.45, 7) is 6.96. The minimum atomic E-state index is -4.45. The van der Waals surface area contributed by atoms with Crippen LogP contribution in [0.5, 0.6) is 0 Å². The highest BCUT2D eigenvalue weighted by molar-refractivity contribution is 7.47. The molecule has 0 aliphatic rings. The fraction of sp³-hybridized carbons (Fsp3) is 0.841. The molecule has 73 heavy (non-hydrogen) atoms. The van der Waals surface area contributed by atoms with Crippen LogP contribution in [0.15, 0.2) is 48.6 Å². The maximum absolute atomic E-state index is 13.5. The zero-order chi connectivity index (χ0) is 53.6. The fourth-order valence-corrected chi connectivity index (χ4v) is 9.63. The number of likely N-dealkylation sites (N-methyl/N-ethyl adjacent to an activating group) is 1. The molecule has 0 spiro atoms. The number of quaternary nitrogens is 1. The zero-order valence-corrected chi connectivity index (χ0v) is 49.8. The van der Waals surface area contributed by atoms with Gasteiger partial charge in [0, 0.05) is 12.8 Å². The quantitative estimate of drug-likeness (QED) is 0.0205. The van der Waals surface area contributed by atoms with Gasteiger partial charge in [-0.1, -0.05) is 243 Å². The van der Waals surface area contributed by atoms with E-state index in [2.05, 4.69) is 62.5 Å². The van der Waals surface area contributed by atoms with Crippen molar-refractivity contribution in [2.75, 3.05) is 40.9 Å². The van der Waals surface area contributed by atoms with E-state index >= 15 is 0 Å². The van der Waals surface area contributed by atoms with Crippen LogP contribution in [0.2, 0.25) is 0 Å². The fourth-order valence-electron chi connectivity index (χ4n) is 8.89. The van der Waals surface area contributed by atoms with E-state index in [0.717, 1.165) is 89.9 Å². The predicted molar refractivity (Wildman–Crippen MR) is 314 cm³/mol. The number of unbranched alkanes of at least 4 members (excludes halogenated alkanes) is 34. The van der Waals surface area contributed by atoms with E-state index in [0.29, 0.717) is 17.4 Å². The molecule has 428 valence electrons. The molecule has 3 unspecified atom stereocenters. The molecule has 0 bridgehead atoms. The normalized spacial score (nSPS) is 14.0. The molecule has 3 atom stereocenters. The molecule has 0 saturated heterocycles. The molecule has 0 rings (SSSR count). The molecule has 0 aliphatic heterocycles. The van der Waals surface area contributed by atoms with Gasteiger partial charge in [0.15, 0.2) is 0 Å². The largest absolute Gasteiger partial charge is 0.472 e. The molecule has 9 nitrogen and oxygen atoms in total.